The van der Waals surface area contributed by atoms with Gasteiger partial charge in [0.05, 0.1) is 18.4 Å². The first kappa shape index (κ1) is 25.3. The van der Waals surface area contributed by atoms with Gasteiger partial charge in [-0.05, 0) is 56.2 Å². The SMILES string of the molecule is CCOc1ccc(NC(=O)CSc2nnc(C(NC(=O)c3cccc(C)c3)C(C)C)n2C)cc1. The number of rotatable bonds is 10. The molecule has 3 aromatic rings. The molecule has 180 valence electrons. The van der Waals surface area contributed by atoms with Gasteiger partial charge in [-0.25, -0.2) is 0 Å². The van der Waals surface area contributed by atoms with Crippen LogP contribution in [0.25, 0.3) is 0 Å². The fourth-order valence-electron chi connectivity index (χ4n) is 3.39. The van der Waals surface area contributed by atoms with Gasteiger partial charge in [-0.1, -0.05) is 43.3 Å². The lowest BCUT2D eigenvalue weighted by molar-refractivity contribution is -0.113. The lowest BCUT2D eigenvalue weighted by atomic mass is 10.0. The van der Waals surface area contributed by atoms with Crippen LogP contribution in [0.1, 0.15) is 48.6 Å². The van der Waals surface area contributed by atoms with Crippen molar-refractivity contribution in [1.29, 1.82) is 0 Å². The molecule has 1 atom stereocenters. The highest BCUT2D eigenvalue weighted by Crippen LogP contribution is 2.25. The van der Waals surface area contributed by atoms with Gasteiger partial charge in [0, 0.05) is 18.3 Å². The van der Waals surface area contributed by atoms with Crippen LogP contribution >= 0.6 is 11.8 Å². The summed E-state index contributed by atoms with van der Waals surface area (Å²) in [5.74, 6) is 1.38. The zero-order valence-electron chi connectivity index (χ0n) is 20.2. The van der Waals surface area contributed by atoms with Crippen molar-refractivity contribution in [1.82, 2.24) is 20.1 Å². The third-order valence-electron chi connectivity index (χ3n) is 5.16. The molecule has 3 rings (SSSR count). The van der Waals surface area contributed by atoms with Gasteiger partial charge in [0.25, 0.3) is 5.91 Å². The molecule has 1 aromatic heterocycles. The van der Waals surface area contributed by atoms with Gasteiger partial charge in [-0.2, -0.15) is 0 Å². The Labute approximate surface area is 204 Å². The Bertz CT molecular complexity index is 1130. The van der Waals surface area contributed by atoms with E-state index in [1.807, 2.05) is 69.6 Å². The molecule has 0 fully saturated rings. The number of carbonyl (C=O) groups excluding carboxylic acids is 2. The van der Waals surface area contributed by atoms with Crippen LogP contribution in [0.3, 0.4) is 0 Å². The van der Waals surface area contributed by atoms with E-state index in [0.717, 1.165) is 11.3 Å². The third kappa shape index (κ3) is 6.60. The molecule has 8 nitrogen and oxygen atoms in total. The summed E-state index contributed by atoms with van der Waals surface area (Å²) in [7, 11) is 1.84. The number of anilines is 1. The Balaban J connectivity index is 1.62. The van der Waals surface area contributed by atoms with E-state index in [9.17, 15) is 9.59 Å². The van der Waals surface area contributed by atoms with E-state index in [1.165, 1.54) is 11.8 Å². The molecule has 9 heteroatoms. The van der Waals surface area contributed by atoms with E-state index >= 15 is 0 Å². The summed E-state index contributed by atoms with van der Waals surface area (Å²) in [6.07, 6.45) is 0. The number of carbonyl (C=O) groups is 2. The standard InChI is InChI=1S/C25H31N5O3S/c1-6-33-20-12-10-19(11-13-20)26-21(31)15-34-25-29-28-23(30(25)5)22(16(2)3)27-24(32)18-9-7-8-17(4)14-18/h7-14,16,22H,6,15H2,1-5H3,(H,26,31)(H,27,32). The van der Waals surface area contributed by atoms with Crippen LogP contribution in [0.15, 0.2) is 53.7 Å². The molecule has 0 radical (unpaired) electrons. The summed E-state index contributed by atoms with van der Waals surface area (Å²) in [4.78, 5) is 25.2. The quantitative estimate of drug-likeness (QED) is 0.417. The van der Waals surface area contributed by atoms with Crippen molar-refractivity contribution in [2.24, 2.45) is 13.0 Å². The number of nitrogens with one attached hydrogen (secondary N) is 2. The third-order valence-corrected chi connectivity index (χ3v) is 6.18. The highest BCUT2D eigenvalue weighted by Gasteiger charge is 2.25. The van der Waals surface area contributed by atoms with Crippen LogP contribution in [0.5, 0.6) is 5.75 Å². The minimum absolute atomic E-state index is 0.0949. The Morgan fingerprint density at radius 2 is 1.85 bits per heavy atom. The minimum atomic E-state index is -0.322. The molecule has 0 bridgehead atoms. The molecule has 2 N–H and O–H groups in total. The molecular formula is C25H31N5O3S. The number of benzene rings is 2. The molecule has 0 aliphatic rings. The molecule has 1 heterocycles. The fourth-order valence-corrected chi connectivity index (χ4v) is 4.11. The summed E-state index contributed by atoms with van der Waals surface area (Å²) >= 11 is 1.29. The molecule has 0 saturated carbocycles. The second-order valence-electron chi connectivity index (χ2n) is 8.26. The smallest absolute Gasteiger partial charge is 0.251 e. The van der Waals surface area contributed by atoms with Gasteiger partial charge in [-0.15, -0.1) is 10.2 Å². The average Bonchev–Trinajstić information content (AvgIpc) is 3.17. The van der Waals surface area contributed by atoms with Crippen LogP contribution in [0, 0.1) is 12.8 Å². The summed E-state index contributed by atoms with van der Waals surface area (Å²) in [6, 6.07) is 14.4. The average molecular weight is 482 g/mol. The number of hydrogen-bond acceptors (Lipinski definition) is 6. The van der Waals surface area contributed by atoms with Crippen LogP contribution in [0.4, 0.5) is 5.69 Å². The second-order valence-corrected chi connectivity index (χ2v) is 9.20. The monoisotopic (exact) mass is 481 g/mol. The summed E-state index contributed by atoms with van der Waals surface area (Å²) in [6.45, 7) is 8.51. The maximum Gasteiger partial charge on any atom is 0.251 e. The Morgan fingerprint density at radius 1 is 1.12 bits per heavy atom. The predicted octanol–water partition coefficient (Wildman–Crippen LogP) is 4.38. The number of aromatic nitrogens is 3. The van der Waals surface area contributed by atoms with Gasteiger partial charge < -0.3 is 19.9 Å². The maximum absolute atomic E-state index is 12.8. The lowest BCUT2D eigenvalue weighted by Gasteiger charge is -2.21. The minimum Gasteiger partial charge on any atom is -0.494 e. The highest BCUT2D eigenvalue weighted by molar-refractivity contribution is 7.99. The van der Waals surface area contributed by atoms with E-state index in [1.54, 1.807) is 18.2 Å². The van der Waals surface area contributed by atoms with Crippen molar-refractivity contribution >= 4 is 29.3 Å². The highest BCUT2D eigenvalue weighted by atomic mass is 32.2. The molecule has 0 spiro atoms. The number of hydrogen-bond donors (Lipinski definition) is 2. The van der Waals surface area contributed by atoms with Crippen molar-refractivity contribution in [3.05, 3.63) is 65.5 Å². The predicted molar refractivity (Wildman–Crippen MR) is 134 cm³/mol. The molecule has 2 aromatic carbocycles. The van der Waals surface area contributed by atoms with Crippen LogP contribution in [0.2, 0.25) is 0 Å². The van der Waals surface area contributed by atoms with Gasteiger partial charge in [-0.3, -0.25) is 9.59 Å². The first-order chi connectivity index (χ1) is 16.3. The number of amides is 2. The zero-order chi connectivity index (χ0) is 24.7. The van der Waals surface area contributed by atoms with Crippen molar-refractivity contribution in [3.63, 3.8) is 0 Å². The molecule has 2 amide bonds. The van der Waals surface area contributed by atoms with Crippen LogP contribution < -0.4 is 15.4 Å². The second kappa shape index (κ2) is 11.7. The van der Waals surface area contributed by atoms with E-state index in [4.69, 9.17) is 4.74 Å². The first-order valence-corrected chi connectivity index (χ1v) is 12.2. The Morgan fingerprint density at radius 3 is 2.50 bits per heavy atom. The van der Waals surface area contributed by atoms with Gasteiger partial charge in [0.2, 0.25) is 5.91 Å². The van der Waals surface area contributed by atoms with Crippen LogP contribution in [-0.4, -0.2) is 38.9 Å². The first-order valence-electron chi connectivity index (χ1n) is 11.2. The Kier molecular flexibility index (Phi) is 8.70. The molecule has 34 heavy (non-hydrogen) atoms. The van der Waals surface area contributed by atoms with Crippen molar-refractivity contribution in [2.75, 3.05) is 17.7 Å². The summed E-state index contributed by atoms with van der Waals surface area (Å²) in [5.41, 5.74) is 2.33. The van der Waals surface area contributed by atoms with E-state index in [0.29, 0.717) is 28.8 Å². The largest absolute Gasteiger partial charge is 0.494 e. The van der Waals surface area contributed by atoms with Gasteiger partial charge in [0.15, 0.2) is 11.0 Å². The molecule has 0 aliphatic carbocycles. The molecule has 0 saturated heterocycles. The molecule has 0 aliphatic heterocycles. The molecule has 1 unspecified atom stereocenters. The van der Waals surface area contributed by atoms with E-state index < -0.39 is 0 Å². The van der Waals surface area contributed by atoms with Gasteiger partial charge >= 0.3 is 0 Å². The maximum atomic E-state index is 12.8. The lowest BCUT2D eigenvalue weighted by Crippen LogP contribution is -2.33. The number of aryl methyl sites for hydroxylation is 1. The summed E-state index contributed by atoms with van der Waals surface area (Å²) < 4.78 is 7.25. The normalized spacial score (nSPS) is 11.8. The van der Waals surface area contributed by atoms with E-state index in [-0.39, 0.29) is 29.5 Å². The Hall–Kier alpha value is -3.33. The van der Waals surface area contributed by atoms with Crippen molar-refractivity contribution in [2.45, 2.75) is 38.9 Å². The van der Waals surface area contributed by atoms with Crippen LogP contribution in [-0.2, 0) is 11.8 Å². The fraction of sp³-hybridized carbons (Fsp3) is 0.360. The molecular weight excluding hydrogens is 450 g/mol. The number of nitrogens with zero attached hydrogens (tertiary/aromatic N) is 3. The van der Waals surface area contributed by atoms with E-state index in [2.05, 4.69) is 20.8 Å². The zero-order valence-corrected chi connectivity index (χ0v) is 21.0. The topological polar surface area (TPSA) is 98.1 Å². The summed E-state index contributed by atoms with van der Waals surface area (Å²) in [5, 5.41) is 15.1. The van der Waals surface area contributed by atoms with Crippen molar-refractivity contribution < 1.29 is 14.3 Å². The number of thioether (sulfide) groups is 1. The van der Waals surface area contributed by atoms with Gasteiger partial charge in [0.1, 0.15) is 5.75 Å². The number of ether oxygens (including phenoxy) is 1. The van der Waals surface area contributed by atoms with Crippen molar-refractivity contribution in [3.8, 4) is 5.75 Å².